The summed E-state index contributed by atoms with van der Waals surface area (Å²) in [6, 6.07) is 11.4. The second-order valence-electron chi connectivity index (χ2n) is 7.45. The van der Waals surface area contributed by atoms with Gasteiger partial charge in [0.2, 0.25) is 10.9 Å². The molecule has 2 aromatic carbocycles. The first-order chi connectivity index (χ1) is 13.4. The van der Waals surface area contributed by atoms with Crippen molar-refractivity contribution in [2.45, 2.75) is 19.4 Å². The number of hydrogen-bond acceptors (Lipinski definition) is 6. The standard InChI is InChI=1S/C22H21NO5/c1-22(2,23-9-11-27-12-10-23)21(26)14-7-8-18-16(13-14)20(25)19(24)15-5-3-4-6-17(15)28-18/h3-8,13H,9-12H2,1-2H3. The number of para-hydroxylation sites is 1. The van der Waals surface area contributed by atoms with Gasteiger partial charge in [-0.3, -0.25) is 19.3 Å². The Morgan fingerprint density at radius 2 is 1.57 bits per heavy atom. The molecule has 144 valence electrons. The smallest absolute Gasteiger partial charge is 0.237 e. The zero-order chi connectivity index (χ0) is 19.9. The molecular weight excluding hydrogens is 358 g/mol. The van der Waals surface area contributed by atoms with Gasteiger partial charge in [-0.05, 0) is 44.2 Å². The first-order valence-corrected chi connectivity index (χ1v) is 9.27. The number of rotatable bonds is 3. The molecule has 1 aliphatic heterocycles. The van der Waals surface area contributed by atoms with Gasteiger partial charge >= 0.3 is 0 Å². The van der Waals surface area contributed by atoms with E-state index in [4.69, 9.17) is 9.15 Å². The number of ketones is 1. The average molecular weight is 379 g/mol. The molecule has 28 heavy (non-hydrogen) atoms. The molecule has 1 aromatic heterocycles. The fourth-order valence-corrected chi connectivity index (χ4v) is 3.66. The zero-order valence-corrected chi connectivity index (χ0v) is 15.9. The number of fused-ring (bicyclic) bond motifs is 2. The van der Waals surface area contributed by atoms with Crippen LogP contribution in [0.3, 0.4) is 0 Å². The third kappa shape index (κ3) is 3.04. The van der Waals surface area contributed by atoms with Gasteiger partial charge in [0.1, 0.15) is 11.2 Å². The van der Waals surface area contributed by atoms with Crippen molar-refractivity contribution in [3.63, 3.8) is 0 Å². The molecular formula is C22H21NO5. The number of hydrogen-bond donors (Lipinski definition) is 0. The molecule has 0 spiro atoms. The van der Waals surface area contributed by atoms with Crippen molar-refractivity contribution >= 4 is 27.7 Å². The summed E-state index contributed by atoms with van der Waals surface area (Å²) in [5, 5.41) is 0.343. The van der Waals surface area contributed by atoms with Crippen LogP contribution in [0.4, 0.5) is 0 Å². The predicted molar refractivity (Wildman–Crippen MR) is 107 cm³/mol. The minimum atomic E-state index is -0.750. The molecule has 0 bridgehead atoms. The van der Waals surface area contributed by atoms with Crippen LogP contribution in [-0.4, -0.2) is 42.5 Å². The van der Waals surface area contributed by atoms with Gasteiger partial charge in [0.15, 0.2) is 5.78 Å². The minimum Gasteiger partial charge on any atom is -0.456 e. The van der Waals surface area contributed by atoms with Crippen molar-refractivity contribution in [3.8, 4) is 0 Å². The fraction of sp³-hybridized carbons (Fsp3) is 0.318. The summed E-state index contributed by atoms with van der Waals surface area (Å²) in [7, 11) is 0. The Balaban J connectivity index is 1.87. The van der Waals surface area contributed by atoms with Crippen LogP contribution in [0.25, 0.3) is 21.9 Å². The first kappa shape index (κ1) is 18.5. The molecule has 0 radical (unpaired) electrons. The van der Waals surface area contributed by atoms with Gasteiger partial charge in [0, 0.05) is 18.7 Å². The van der Waals surface area contributed by atoms with Gasteiger partial charge < -0.3 is 9.15 Å². The molecule has 2 heterocycles. The third-order valence-corrected chi connectivity index (χ3v) is 5.40. The largest absolute Gasteiger partial charge is 0.456 e. The lowest BCUT2D eigenvalue weighted by Crippen LogP contribution is -2.54. The average Bonchev–Trinajstić information content (AvgIpc) is 2.83. The van der Waals surface area contributed by atoms with Crippen LogP contribution in [0.15, 0.2) is 56.5 Å². The number of morpholine rings is 1. The van der Waals surface area contributed by atoms with E-state index in [1.54, 1.807) is 36.4 Å². The second kappa shape index (κ2) is 6.96. The van der Waals surface area contributed by atoms with Gasteiger partial charge in [-0.2, -0.15) is 0 Å². The van der Waals surface area contributed by atoms with Gasteiger partial charge in [-0.1, -0.05) is 12.1 Å². The van der Waals surface area contributed by atoms with Crippen LogP contribution in [0.2, 0.25) is 0 Å². The molecule has 0 saturated carbocycles. The lowest BCUT2D eigenvalue weighted by molar-refractivity contribution is -0.00429. The Hall–Kier alpha value is -2.83. The van der Waals surface area contributed by atoms with Crippen LogP contribution < -0.4 is 10.9 Å². The SMILES string of the molecule is CC(C)(C(=O)c1ccc2oc3ccccc3c(=O)c(=O)c2c1)N1CCOCC1. The molecule has 6 heteroatoms. The number of ether oxygens (including phenoxy) is 1. The van der Waals surface area contributed by atoms with Crippen LogP contribution >= 0.6 is 0 Å². The first-order valence-electron chi connectivity index (χ1n) is 9.27. The molecule has 0 unspecified atom stereocenters. The molecule has 1 saturated heterocycles. The summed E-state index contributed by atoms with van der Waals surface area (Å²) < 4.78 is 11.2. The molecule has 6 nitrogen and oxygen atoms in total. The van der Waals surface area contributed by atoms with E-state index in [1.807, 2.05) is 13.8 Å². The van der Waals surface area contributed by atoms with E-state index in [-0.39, 0.29) is 22.1 Å². The van der Waals surface area contributed by atoms with Crippen molar-refractivity contribution < 1.29 is 13.9 Å². The number of Topliss-reactive ketones (excluding diaryl/α,β-unsaturated/α-hetero) is 1. The van der Waals surface area contributed by atoms with Crippen LogP contribution in [-0.2, 0) is 4.74 Å². The summed E-state index contributed by atoms with van der Waals surface area (Å²) in [6.45, 7) is 6.23. The molecule has 1 aliphatic rings. The monoisotopic (exact) mass is 379 g/mol. The van der Waals surface area contributed by atoms with Crippen LogP contribution in [0, 0.1) is 0 Å². The van der Waals surface area contributed by atoms with Gasteiger partial charge in [0.25, 0.3) is 0 Å². The normalized spacial score (nSPS) is 15.8. The van der Waals surface area contributed by atoms with Gasteiger partial charge in [-0.15, -0.1) is 0 Å². The third-order valence-electron chi connectivity index (χ3n) is 5.40. The predicted octanol–water partition coefficient (Wildman–Crippen LogP) is 2.60. The topological polar surface area (TPSA) is 76.8 Å². The van der Waals surface area contributed by atoms with Crippen LogP contribution in [0.1, 0.15) is 24.2 Å². The van der Waals surface area contributed by atoms with Crippen molar-refractivity contribution in [3.05, 3.63) is 68.5 Å². The Bertz CT molecular complexity index is 1190. The number of nitrogens with zero attached hydrogens (tertiary/aromatic N) is 1. The van der Waals surface area contributed by atoms with E-state index in [2.05, 4.69) is 4.90 Å². The summed E-state index contributed by atoms with van der Waals surface area (Å²) in [4.78, 5) is 40.6. The molecule has 0 N–H and O–H groups in total. The number of benzene rings is 2. The molecule has 1 fully saturated rings. The van der Waals surface area contributed by atoms with Crippen molar-refractivity contribution in [2.75, 3.05) is 26.3 Å². The van der Waals surface area contributed by atoms with Gasteiger partial charge in [-0.25, -0.2) is 0 Å². The molecule has 3 aromatic rings. The zero-order valence-electron chi connectivity index (χ0n) is 15.9. The molecule has 0 atom stereocenters. The Morgan fingerprint density at radius 3 is 2.32 bits per heavy atom. The second-order valence-corrected chi connectivity index (χ2v) is 7.45. The molecule has 0 amide bonds. The van der Waals surface area contributed by atoms with Crippen LogP contribution in [0.5, 0.6) is 0 Å². The maximum Gasteiger partial charge on any atom is 0.237 e. The molecule has 4 rings (SSSR count). The van der Waals surface area contributed by atoms with E-state index in [9.17, 15) is 14.4 Å². The Labute approximate surface area is 161 Å². The highest BCUT2D eigenvalue weighted by atomic mass is 16.5. The fourth-order valence-electron chi connectivity index (χ4n) is 3.66. The Kier molecular flexibility index (Phi) is 4.61. The quantitative estimate of drug-likeness (QED) is 0.514. The number of carbonyl (C=O) groups is 1. The Morgan fingerprint density at radius 1 is 0.929 bits per heavy atom. The van der Waals surface area contributed by atoms with E-state index in [1.165, 1.54) is 6.07 Å². The lowest BCUT2D eigenvalue weighted by atomic mass is 9.90. The van der Waals surface area contributed by atoms with E-state index < -0.39 is 16.4 Å². The maximum absolute atomic E-state index is 13.2. The van der Waals surface area contributed by atoms with Crippen molar-refractivity contribution in [1.82, 2.24) is 4.90 Å². The molecule has 0 aliphatic carbocycles. The lowest BCUT2D eigenvalue weighted by Gasteiger charge is -2.39. The summed E-state index contributed by atoms with van der Waals surface area (Å²) in [5.41, 5.74) is -1.05. The van der Waals surface area contributed by atoms with E-state index in [0.29, 0.717) is 37.4 Å². The van der Waals surface area contributed by atoms with Crippen molar-refractivity contribution in [1.29, 1.82) is 0 Å². The highest BCUT2D eigenvalue weighted by Gasteiger charge is 2.36. The highest BCUT2D eigenvalue weighted by Crippen LogP contribution is 2.24. The highest BCUT2D eigenvalue weighted by molar-refractivity contribution is 6.04. The summed E-state index contributed by atoms with van der Waals surface area (Å²) in [5.74, 6) is -0.112. The summed E-state index contributed by atoms with van der Waals surface area (Å²) in [6.07, 6.45) is 0. The maximum atomic E-state index is 13.2. The van der Waals surface area contributed by atoms with Gasteiger partial charge in [0.05, 0.1) is 29.5 Å². The summed E-state index contributed by atoms with van der Waals surface area (Å²) >= 11 is 0. The number of carbonyl (C=O) groups excluding carboxylic acids is 1. The minimum absolute atomic E-state index is 0.112. The van der Waals surface area contributed by atoms with Crippen molar-refractivity contribution in [2.24, 2.45) is 0 Å². The van der Waals surface area contributed by atoms with E-state index in [0.717, 1.165) is 0 Å². The van der Waals surface area contributed by atoms with E-state index >= 15 is 0 Å².